The third-order valence-corrected chi connectivity index (χ3v) is 14.3. The van der Waals surface area contributed by atoms with Crippen molar-refractivity contribution in [1.29, 1.82) is 5.26 Å². The molecule has 358 valence electrons. The van der Waals surface area contributed by atoms with Gasteiger partial charge in [-0.25, -0.2) is 14.1 Å². The molecule has 0 saturated heterocycles. The van der Waals surface area contributed by atoms with Gasteiger partial charge in [0.15, 0.2) is 6.10 Å². The third-order valence-electron chi connectivity index (χ3n) is 11.3. The molecule has 1 heterocycles. The van der Waals surface area contributed by atoms with Crippen molar-refractivity contribution in [3.05, 3.63) is 154 Å². The smallest absolute Gasteiger partial charge is 0.349 e. The van der Waals surface area contributed by atoms with Crippen LogP contribution < -0.4 is 20.5 Å². The number of aryl methyl sites for hydroxylation is 1. The summed E-state index contributed by atoms with van der Waals surface area (Å²) in [7, 11) is -0.803. The monoisotopic (exact) mass is 942 g/mol. The van der Waals surface area contributed by atoms with Gasteiger partial charge in [0.2, 0.25) is 0 Å². The quantitative estimate of drug-likeness (QED) is 0.0338. The second-order valence-corrected chi connectivity index (χ2v) is 18.8. The van der Waals surface area contributed by atoms with Crippen LogP contribution in [-0.2, 0) is 19.6 Å². The van der Waals surface area contributed by atoms with Gasteiger partial charge in [0, 0.05) is 29.4 Å². The van der Waals surface area contributed by atoms with Gasteiger partial charge >= 0.3 is 13.6 Å². The molecule has 0 fully saturated rings. The molecule has 1 aromatic heterocycles. The summed E-state index contributed by atoms with van der Waals surface area (Å²) < 4.78 is 48.2. The molecule has 5 rings (SSSR count). The van der Waals surface area contributed by atoms with Gasteiger partial charge < -0.3 is 34.5 Å². The lowest BCUT2D eigenvalue weighted by atomic mass is 9.80. The van der Waals surface area contributed by atoms with E-state index in [4.69, 9.17) is 23.5 Å². The number of amides is 1. The first-order valence-corrected chi connectivity index (χ1v) is 23.8. The Morgan fingerprint density at radius 3 is 1.91 bits per heavy atom. The van der Waals surface area contributed by atoms with E-state index in [1.165, 1.54) is 6.20 Å². The maximum absolute atomic E-state index is 14.3. The van der Waals surface area contributed by atoms with Crippen LogP contribution >= 0.6 is 7.87 Å². The molecule has 5 atom stereocenters. The van der Waals surface area contributed by atoms with Gasteiger partial charge in [0.05, 0.1) is 52.6 Å². The SMILES string of the molecule is COc1ccc(C(OC[C@@H](O)[C@@H](O[P+](O)(CCC#N)N(C(C)C)C(C)C)[C@@H](OCCF)[C@@H](CO)n2cc(C)c(NC(=O)c3ccccc3)nc2=O)(c2ccccc2)c2ccc(OC)cc2)cc1. The van der Waals surface area contributed by atoms with Crippen LogP contribution in [0.1, 0.15) is 72.8 Å². The molecule has 1 amide bonds. The number of ether oxygens (including phenoxy) is 4. The number of methoxy groups -OCH3 is 2. The first-order chi connectivity index (χ1) is 32.2. The van der Waals surface area contributed by atoms with Crippen molar-refractivity contribution in [2.24, 2.45) is 0 Å². The molecule has 0 aliphatic rings. The van der Waals surface area contributed by atoms with E-state index in [0.717, 1.165) is 4.57 Å². The summed E-state index contributed by atoms with van der Waals surface area (Å²) in [5.74, 6) is 0.627. The Morgan fingerprint density at radius 1 is 0.881 bits per heavy atom. The highest BCUT2D eigenvalue weighted by atomic mass is 31.2. The minimum Gasteiger partial charge on any atom is -0.497 e. The van der Waals surface area contributed by atoms with Crippen molar-refractivity contribution < 1.29 is 47.8 Å². The van der Waals surface area contributed by atoms with Gasteiger partial charge in [-0.3, -0.25) is 9.36 Å². The molecular formula is C50H62FN5O10P+. The predicted molar refractivity (Wildman–Crippen MR) is 255 cm³/mol. The van der Waals surface area contributed by atoms with Gasteiger partial charge in [-0.2, -0.15) is 14.8 Å². The number of rotatable bonds is 25. The molecule has 4 aromatic carbocycles. The summed E-state index contributed by atoms with van der Waals surface area (Å²) in [6, 6.07) is 32.2. The number of carbonyl (C=O) groups is 1. The average Bonchev–Trinajstić information content (AvgIpc) is 3.33. The Bertz CT molecular complexity index is 2370. The first kappa shape index (κ1) is 52.4. The van der Waals surface area contributed by atoms with Gasteiger partial charge in [-0.1, -0.05) is 72.8 Å². The van der Waals surface area contributed by atoms with Crippen LogP contribution in [-0.4, -0.2) is 113 Å². The molecule has 15 nitrogen and oxygen atoms in total. The van der Waals surface area contributed by atoms with Crippen LogP contribution in [0, 0.1) is 18.3 Å². The van der Waals surface area contributed by atoms with Crippen molar-refractivity contribution in [2.75, 3.05) is 52.2 Å². The summed E-state index contributed by atoms with van der Waals surface area (Å²) in [5.41, 5.74) is 0.246. The lowest BCUT2D eigenvalue weighted by molar-refractivity contribution is -0.137. The maximum Gasteiger partial charge on any atom is 0.349 e. The molecule has 1 unspecified atom stereocenters. The Kier molecular flexibility index (Phi) is 19.1. The maximum atomic E-state index is 14.3. The first-order valence-electron chi connectivity index (χ1n) is 22.0. The van der Waals surface area contributed by atoms with Gasteiger partial charge in [0.1, 0.15) is 48.0 Å². The number of hydrogen-bond donors (Lipinski definition) is 4. The standard InChI is InChI=1S/C50H61FN5O10P/c1-34(2)56(35(3)4)67(61,30-14-28-52)66-46(45(64-29-27-51)43(32-57)55-31-36(5)47(54-49(55)60)53-48(59)37-15-10-8-11-16-37)44(58)33-65-50(38-17-12-9-13-18-38,39-19-23-41(62-6)24-20-39)40-21-25-42(63-7)26-22-40/h8-13,15-26,31,34-35,43-46,57-58,61H,14,27,29-30,32-33H2,1-7H3/p+1/t43-,44-,45+,46-,67?/m1/s1. The van der Waals surface area contributed by atoms with Crippen LogP contribution in [0.5, 0.6) is 11.5 Å². The van der Waals surface area contributed by atoms with Gasteiger partial charge in [-0.15, -0.1) is 4.67 Å². The summed E-state index contributed by atoms with van der Waals surface area (Å²) >= 11 is 0. The number of alkyl halides is 1. The highest BCUT2D eigenvalue weighted by molar-refractivity contribution is 7.63. The van der Waals surface area contributed by atoms with E-state index in [1.54, 1.807) is 80.4 Å². The Balaban J connectivity index is 1.70. The number of nitrogens with one attached hydrogen (secondary N) is 1. The largest absolute Gasteiger partial charge is 0.497 e. The second-order valence-electron chi connectivity index (χ2n) is 16.4. The van der Waals surface area contributed by atoms with Crippen LogP contribution in [0.15, 0.2) is 120 Å². The van der Waals surface area contributed by atoms with E-state index in [1.807, 2.05) is 82.3 Å². The molecule has 0 radical (unpaired) electrons. The minimum absolute atomic E-state index is 0.0371. The summed E-state index contributed by atoms with van der Waals surface area (Å²) in [6.07, 6.45) is -3.93. The lowest BCUT2D eigenvalue weighted by Gasteiger charge is -2.41. The molecular weight excluding hydrogens is 881 g/mol. The zero-order chi connectivity index (χ0) is 48.7. The number of nitriles is 1. The van der Waals surface area contributed by atoms with E-state index in [-0.39, 0.29) is 30.5 Å². The lowest BCUT2D eigenvalue weighted by Crippen LogP contribution is -2.52. The van der Waals surface area contributed by atoms with Crippen molar-refractivity contribution in [3.63, 3.8) is 0 Å². The molecule has 5 aromatic rings. The fourth-order valence-electron chi connectivity index (χ4n) is 8.32. The van der Waals surface area contributed by atoms with E-state index < -0.39 is 75.9 Å². The Hall–Kier alpha value is -5.60. The highest BCUT2D eigenvalue weighted by Gasteiger charge is 2.55. The summed E-state index contributed by atoms with van der Waals surface area (Å²) in [4.78, 5) is 44.1. The summed E-state index contributed by atoms with van der Waals surface area (Å²) in [5, 5.41) is 36.5. The van der Waals surface area contributed by atoms with Crippen LogP contribution in [0.3, 0.4) is 0 Å². The van der Waals surface area contributed by atoms with E-state index >= 15 is 0 Å². The van der Waals surface area contributed by atoms with Crippen LogP contribution in [0.2, 0.25) is 0 Å². The van der Waals surface area contributed by atoms with E-state index in [9.17, 15) is 34.3 Å². The van der Waals surface area contributed by atoms with Crippen LogP contribution in [0.4, 0.5) is 10.2 Å². The number of hydrogen-bond acceptors (Lipinski definition) is 13. The zero-order valence-corrected chi connectivity index (χ0v) is 39.9. The van der Waals surface area contributed by atoms with E-state index in [0.29, 0.717) is 39.3 Å². The molecule has 0 aliphatic carbocycles. The molecule has 17 heteroatoms. The number of aromatic nitrogens is 2. The van der Waals surface area contributed by atoms with Crippen molar-refractivity contribution >= 4 is 19.6 Å². The molecule has 0 bridgehead atoms. The molecule has 0 saturated carbocycles. The Labute approximate surface area is 392 Å². The van der Waals surface area contributed by atoms with E-state index in [2.05, 4.69) is 16.4 Å². The number of nitrogens with zero attached hydrogens (tertiary/aromatic N) is 4. The number of aliphatic hydroxyl groups is 2. The van der Waals surface area contributed by atoms with Crippen molar-refractivity contribution in [3.8, 4) is 17.6 Å². The molecule has 0 spiro atoms. The summed E-state index contributed by atoms with van der Waals surface area (Å²) in [6.45, 7) is 6.08. The number of carbonyl (C=O) groups excluding carboxylic acids is 1. The topological polar surface area (TPSA) is 198 Å². The van der Waals surface area contributed by atoms with Crippen molar-refractivity contribution in [1.82, 2.24) is 14.2 Å². The number of halogens is 1. The fraction of sp³-hybridized carbons (Fsp3) is 0.400. The molecule has 0 aliphatic heterocycles. The number of aliphatic hydroxyl groups excluding tert-OH is 2. The predicted octanol–water partition coefficient (Wildman–Crippen LogP) is 7.25. The average molecular weight is 943 g/mol. The third kappa shape index (κ3) is 12.5. The zero-order valence-electron chi connectivity index (χ0n) is 39.0. The highest BCUT2D eigenvalue weighted by Crippen LogP contribution is 2.63. The van der Waals surface area contributed by atoms with Gasteiger partial charge in [0.25, 0.3) is 5.91 Å². The normalized spacial score (nSPS) is 14.5. The fourth-order valence-corrected chi connectivity index (χ4v) is 11.2. The minimum atomic E-state index is -3.92. The van der Waals surface area contributed by atoms with Crippen molar-refractivity contribution in [2.45, 2.75) is 83.1 Å². The number of benzene rings is 4. The molecule has 67 heavy (non-hydrogen) atoms. The molecule has 4 N–H and O–H groups in total. The second kappa shape index (κ2) is 24.4. The van der Waals surface area contributed by atoms with Gasteiger partial charge in [-0.05, 0) is 87.7 Å². The Morgan fingerprint density at radius 2 is 1.42 bits per heavy atom. The van der Waals surface area contributed by atoms with Crippen LogP contribution in [0.25, 0.3) is 0 Å². The number of anilines is 1.